The summed E-state index contributed by atoms with van der Waals surface area (Å²) in [5.74, 6) is 1.62. The number of tetrazole rings is 1. The summed E-state index contributed by atoms with van der Waals surface area (Å²) >= 11 is 0. The van der Waals surface area contributed by atoms with E-state index in [1.165, 1.54) is 48.9 Å². The minimum atomic E-state index is 0.460. The number of rotatable bonds is 3. The first-order valence-corrected chi connectivity index (χ1v) is 10.3. The Labute approximate surface area is 164 Å². The molecule has 28 heavy (non-hydrogen) atoms. The summed E-state index contributed by atoms with van der Waals surface area (Å²) in [6.45, 7) is 3.30. The van der Waals surface area contributed by atoms with E-state index >= 15 is 0 Å². The Morgan fingerprint density at radius 1 is 1.11 bits per heavy atom. The summed E-state index contributed by atoms with van der Waals surface area (Å²) < 4.78 is 1.95. The summed E-state index contributed by atoms with van der Waals surface area (Å²) in [6.07, 6.45) is 9.92. The van der Waals surface area contributed by atoms with Gasteiger partial charge < -0.3 is 4.90 Å². The van der Waals surface area contributed by atoms with Gasteiger partial charge >= 0.3 is 0 Å². The smallest absolute Gasteiger partial charge is 0.209 e. The van der Waals surface area contributed by atoms with Crippen LogP contribution in [0.5, 0.6) is 0 Å². The SMILES string of the molecule is CC1CCCN1c1nc2c(c(-c3ccnn3C)c1-c1nn[nH]n1)CCCCC2. The van der Waals surface area contributed by atoms with Gasteiger partial charge in [0.05, 0.1) is 11.3 Å². The Balaban J connectivity index is 1.85. The monoisotopic (exact) mass is 378 g/mol. The molecule has 4 heterocycles. The van der Waals surface area contributed by atoms with Crippen LogP contribution in [0.1, 0.15) is 50.3 Å². The predicted octanol–water partition coefficient (Wildman–Crippen LogP) is 2.92. The Kier molecular flexibility index (Phi) is 4.33. The van der Waals surface area contributed by atoms with Crippen LogP contribution in [0.2, 0.25) is 0 Å². The fourth-order valence-electron chi connectivity index (χ4n) is 4.74. The van der Waals surface area contributed by atoms with Crippen LogP contribution in [0.3, 0.4) is 0 Å². The number of pyridine rings is 1. The Bertz CT molecular complexity index is 975. The third-order valence-corrected chi connectivity index (χ3v) is 6.18. The highest BCUT2D eigenvalue weighted by atomic mass is 15.5. The van der Waals surface area contributed by atoms with Gasteiger partial charge in [0.15, 0.2) is 0 Å². The maximum atomic E-state index is 5.24. The van der Waals surface area contributed by atoms with Crippen molar-refractivity contribution in [2.24, 2.45) is 7.05 Å². The van der Waals surface area contributed by atoms with Crippen LogP contribution >= 0.6 is 0 Å². The van der Waals surface area contributed by atoms with Crippen LogP contribution < -0.4 is 4.90 Å². The number of aryl methyl sites for hydroxylation is 2. The van der Waals surface area contributed by atoms with Crippen LogP contribution in [-0.4, -0.2) is 48.0 Å². The van der Waals surface area contributed by atoms with E-state index in [1.54, 1.807) is 0 Å². The quantitative estimate of drug-likeness (QED) is 0.705. The van der Waals surface area contributed by atoms with Gasteiger partial charge in [-0.2, -0.15) is 10.3 Å². The molecule has 1 aliphatic carbocycles. The molecule has 1 aliphatic heterocycles. The maximum absolute atomic E-state index is 5.24. The van der Waals surface area contributed by atoms with Crippen molar-refractivity contribution in [1.29, 1.82) is 0 Å². The van der Waals surface area contributed by atoms with Crippen LogP contribution in [0.15, 0.2) is 12.3 Å². The highest BCUT2D eigenvalue weighted by Crippen LogP contribution is 2.43. The number of aromatic amines is 1. The van der Waals surface area contributed by atoms with Gasteiger partial charge in [-0.1, -0.05) is 6.42 Å². The third-order valence-electron chi connectivity index (χ3n) is 6.18. The van der Waals surface area contributed by atoms with E-state index < -0.39 is 0 Å². The first-order valence-electron chi connectivity index (χ1n) is 10.3. The van der Waals surface area contributed by atoms with E-state index in [0.717, 1.165) is 36.5 Å². The van der Waals surface area contributed by atoms with Crippen LogP contribution in [0, 0.1) is 0 Å². The molecule has 1 unspecified atom stereocenters. The average Bonchev–Trinajstić information content (AvgIpc) is 3.41. The van der Waals surface area contributed by atoms with Gasteiger partial charge in [-0.15, -0.1) is 10.2 Å². The molecule has 0 radical (unpaired) electrons. The van der Waals surface area contributed by atoms with Crippen molar-refractivity contribution >= 4 is 5.82 Å². The lowest BCUT2D eigenvalue weighted by Gasteiger charge is -2.28. The second-order valence-electron chi connectivity index (χ2n) is 7.93. The molecule has 0 spiro atoms. The molecule has 1 fully saturated rings. The highest BCUT2D eigenvalue weighted by molar-refractivity contribution is 5.89. The molecule has 8 nitrogen and oxygen atoms in total. The van der Waals surface area contributed by atoms with Crippen molar-refractivity contribution < 1.29 is 0 Å². The van der Waals surface area contributed by atoms with Crippen LogP contribution in [0.25, 0.3) is 22.6 Å². The summed E-state index contributed by atoms with van der Waals surface area (Å²) in [4.78, 5) is 7.66. The van der Waals surface area contributed by atoms with Crippen LogP contribution in [-0.2, 0) is 19.9 Å². The number of nitrogens with zero attached hydrogens (tertiary/aromatic N) is 7. The highest BCUT2D eigenvalue weighted by Gasteiger charge is 2.32. The molecule has 2 aliphatic rings. The zero-order valence-electron chi connectivity index (χ0n) is 16.5. The summed E-state index contributed by atoms with van der Waals surface area (Å²) in [5.41, 5.74) is 5.83. The second kappa shape index (κ2) is 7.00. The number of nitrogens with one attached hydrogen (secondary N) is 1. The molecule has 0 aromatic carbocycles. The van der Waals surface area contributed by atoms with Crippen molar-refractivity contribution in [3.05, 3.63) is 23.5 Å². The van der Waals surface area contributed by atoms with E-state index in [2.05, 4.69) is 43.6 Å². The molecule has 8 heteroatoms. The second-order valence-corrected chi connectivity index (χ2v) is 7.93. The molecular weight excluding hydrogens is 352 g/mol. The van der Waals surface area contributed by atoms with Gasteiger partial charge in [0, 0.05) is 37.1 Å². The van der Waals surface area contributed by atoms with E-state index in [9.17, 15) is 0 Å². The Morgan fingerprint density at radius 2 is 2.00 bits per heavy atom. The minimum absolute atomic E-state index is 0.460. The molecule has 5 rings (SSSR count). The van der Waals surface area contributed by atoms with Crippen molar-refractivity contribution in [3.8, 4) is 22.6 Å². The molecule has 0 amide bonds. The van der Waals surface area contributed by atoms with Gasteiger partial charge in [-0.25, -0.2) is 4.98 Å². The normalized spacial score (nSPS) is 19.6. The number of hydrogen-bond acceptors (Lipinski definition) is 6. The van der Waals surface area contributed by atoms with Crippen molar-refractivity contribution in [1.82, 2.24) is 35.4 Å². The predicted molar refractivity (Wildman–Crippen MR) is 107 cm³/mol. The van der Waals surface area contributed by atoms with Gasteiger partial charge in [-0.3, -0.25) is 4.68 Å². The molecule has 1 N–H and O–H groups in total. The standard InChI is InChI=1S/C20H26N8/c1-13-7-6-12-28(13)20-18(19-23-25-26-24-19)17(16-10-11-21-27(16)2)14-8-4-3-5-9-15(14)22-20/h10-11,13H,3-9,12H2,1-2H3,(H,23,24,25,26). The zero-order chi connectivity index (χ0) is 19.1. The fourth-order valence-corrected chi connectivity index (χ4v) is 4.74. The molecule has 3 aromatic rings. The fraction of sp³-hybridized carbons (Fsp3) is 0.550. The number of anilines is 1. The average molecular weight is 378 g/mol. The van der Waals surface area contributed by atoms with Gasteiger partial charge in [0.25, 0.3) is 0 Å². The number of H-pyrrole nitrogens is 1. The van der Waals surface area contributed by atoms with E-state index in [1.807, 2.05) is 17.9 Å². The van der Waals surface area contributed by atoms with Gasteiger partial charge in [0.2, 0.25) is 5.82 Å². The number of aromatic nitrogens is 7. The first-order chi connectivity index (χ1) is 13.7. The number of fused-ring (bicyclic) bond motifs is 1. The molecular formula is C20H26N8. The lowest BCUT2D eigenvalue weighted by molar-refractivity contribution is 0.705. The summed E-state index contributed by atoms with van der Waals surface area (Å²) in [6, 6.07) is 2.54. The van der Waals surface area contributed by atoms with E-state index in [4.69, 9.17) is 4.98 Å². The van der Waals surface area contributed by atoms with Crippen molar-refractivity contribution in [2.45, 2.75) is 57.9 Å². The lowest BCUT2D eigenvalue weighted by Crippen LogP contribution is -2.29. The maximum Gasteiger partial charge on any atom is 0.209 e. The largest absolute Gasteiger partial charge is 0.353 e. The topological polar surface area (TPSA) is 88.4 Å². The molecule has 1 saturated heterocycles. The van der Waals surface area contributed by atoms with Crippen LogP contribution in [0.4, 0.5) is 5.82 Å². The van der Waals surface area contributed by atoms with Crippen molar-refractivity contribution in [2.75, 3.05) is 11.4 Å². The van der Waals surface area contributed by atoms with Crippen molar-refractivity contribution in [3.63, 3.8) is 0 Å². The zero-order valence-corrected chi connectivity index (χ0v) is 16.5. The summed E-state index contributed by atoms with van der Waals surface area (Å²) in [5, 5.41) is 19.7. The van der Waals surface area contributed by atoms with Gasteiger partial charge in [0.1, 0.15) is 5.82 Å². The number of hydrogen-bond donors (Lipinski definition) is 1. The molecule has 0 bridgehead atoms. The summed E-state index contributed by atoms with van der Waals surface area (Å²) in [7, 11) is 2.00. The van der Waals surface area contributed by atoms with E-state index in [0.29, 0.717) is 11.9 Å². The Hall–Kier alpha value is -2.77. The van der Waals surface area contributed by atoms with E-state index in [-0.39, 0.29) is 0 Å². The first kappa shape index (κ1) is 17.3. The molecule has 3 aromatic heterocycles. The molecule has 1 atom stereocenters. The van der Waals surface area contributed by atoms with Gasteiger partial charge in [-0.05, 0) is 62.3 Å². The molecule has 146 valence electrons. The Morgan fingerprint density at radius 3 is 2.71 bits per heavy atom. The minimum Gasteiger partial charge on any atom is -0.353 e. The molecule has 0 saturated carbocycles. The third kappa shape index (κ3) is 2.78. The lowest BCUT2D eigenvalue weighted by atomic mass is 9.93.